The van der Waals surface area contributed by atoms with Crippen LogP contribution in [0.15, 0.2) is 18.2 Å². The molecule has 2 amide bonds. The van der Waals surface area contributed by atoms with E-state index >= 15 is 0 Å². The van der Waals surface area contributed by atoms with E-state index < -0.39 is 5.72 Å². The molecule has 3 saturated heterocycles. The monoisotopic (exact) mass is 378 g/mol. The minimum atomic E-state index is -0.662. The van der Waals surface area contributed by atoms with Crippen molar-refractivity contribution in [1.29, 1.82) is 0 Å². The number of rotatable bonds is 3. The molecule has 0 saturated carbocycles. The van der Waals surface area contributed by atoms with E-state index in [0.29, 0.717) is 48.2 Å². The van der Waals surface area contributed by atoms with Gasteiger partial charge in [0.25, 0.3) is 5.91 Å². The molecule has 6 nitrogen and oxygen atoms in total. The second kappa shape index (κ2) is 6.13. The predicted octanol–water partition coefficient (Wildman–Crippen LogP) is 2.55. The van der Waals surface area contributed by atoms with Gasteiger partial charge in [-0.25, -0.2) is 0 Å². The summed E-state index contributed by atoms with van der Waals surface area (Å²) in [5.74, 6) is 0.793. The molecule has 0 bridgehead atoms. The topological polar surface area (TPSA) is 59.1 Å². The largest absolute Gasteiger partial charge is 0.497 e. The van der Waals surface area contributed by atoms with Crippen LogP contribution in [0.3, 0.4) is 0 Å². The number of hydrogen-bond acceptors (Lipinski definition) is 4. The average molecular weight is 379 g/mol. The van der Waals surface area contributed by atoms with E-state index in [9.17, 15) is 9.59 Å². The molecule has 4 rings (SSSR count). The standard InChI is InChI=1S/C19H23ClN2O4/c1-11(2)15-10-26-19-4-5-21(16(19)9-17(23)22(15)19)18(24)12-6-13(20)8-14(7-12)25-3/h6-8,11,15-16H,4-5,9-10H2,1-3H3/t15-,16+,19-/m0/s1. The first-order chi connectivity index (χ1) is 12.4. The van der Waals surface area contributed by atoms with Crippen molar-refractivity contribution in [3.8, 4) is 5.75 Å². The van der Waals surface area contributed by atoms with Crippen LogP contribution in [-0.4, -0.2) is 59.7 Å². The second-order valence-electron chi connectivity index (χ2n) is 7.58. The number of benzene rings is 1. The van der Waals surface area contributed by atoms with E-state index in [0.717, 1.165) is 0 Å². The zero-order valence-corrected chi connectivity index (χ0v) is 16.0. The summed E-state index contributed by atoms with van der Waals surface area (Å²) < 4.78 is 11.4. The molecule has 26 heavy (non-hydrogen) atoms. The number of halogens is 1. The lowest BCUT2D eigenvalue weighted by atomic mass is 10.0. The molecule has 0 aliphatic carbocycles. The number of carbonyl (C=O) groups is 2. The van der Waals surface area contributed by atoms with Gasteiger partial charge in [0.15, 0.2) is 5.72 Å². The van der Waals surface area contributed by atoms with E-state index in [4.69, 9.17) is 21.1 Å². The fraction of sp³-hybridized carbons (Fsp3) is 0.579. The Hall–Kier alpha value is -1.79. The maximum absolute atomic E-state index is 13.1. The first kappa shape index (κ1) is 17.6. The summed E-state index contributed by atoms with van der Waals surface area (Å²) in [6, 6.07) is 4.81. The summed E-state index contributed by atoms with van der Waals surface area (Å²) in [6.45, 7) is 5.30. The Kier molecular flexibility index (Phi) is 4.15. The van der Waals surface area contributed by atoms with Crippen molar-refractivity contribution in [2.24, 2.45) is 5.92 Å². The van der Waals surface area contributed by atoms with Gasteiger partial charge in [0.2, 0.25) is 5.91 Å². The van der Waals surface area contributed by atoms with Crippen LogP contribution in [-0.2, 0) is 9.53 Å². The van der Waals surface area contributed by atoms with Gasteiger partial charge in [-0.3, -0.25) is 9.59 Å². The number of carbonyl (C=O) groups excluding carboxylic acids is 2. The zero-order valence-electron chi connectivity index (χ0n) is 15.2. The molecule has 0 radical (unpaired) electrons. The predicted molar refractivity (Wildman–Crippen MR) is 96.2 cm³/mol. The third-order valence-corrected chi connectivity index (χ3v) is 6.09. The van der Waals surface area contributed by atoms with Crippen LogP contribution in [0.5, 0.6) is 5.75 Å². The third-order valence-electron chi connectivity index (χ3n) is 5.87. The van der Waals surface area contributed by atoms with Crippen LogP contribution in [0.25, 0.3) is 0 Å². The Morgan fingerprint density at radius 1 is 1.38 bits per heavy atom. The molecule has 3 atom stereocenters. The molecule has 3 aliphatic rings. The second-order valence-corrected chi connectivity index (χ2v) is 8.02. The Bertz CT molecular complexity index is 768. The van der Waals surface area contributed by atoms with Crippen LogP contribution in [0.1, 0.15) is 37.0 Å². The van der Waals surface area contributed by atoms with Crippen LogP contribution in [0.2, 0.25) is 5.02 Å². The number of ether oxygens (including phenoxy) is 2. The van der Waals surface area contributed by atoms with Crippen molar-refractivity contribution in [3.05, 3.63) is 28.8 Å². The van der Waals surface area contributed by atoms with Crippen molar-refractivity contribution in [2.75, 3.05) is 20.3 Å². The van der Waals surface area contributed by atoms with E-state index in [2.05, 4.69) is 13.8 Å². The Morgan fingerprint density at radius 3 is 2.85 bits per heavy atom. The van der Waals surface area contributed by atoms with Gasteiger partial charge in [-0.1, -0.05) is 25.4 Å². The molecule has 3 fully saturated rings. The number of nitrogens with zero attached hydrogens (tertiary/aromatic N) is 2. The Labute approximate surface area is 158 Å². The summed E-state index contributed by atoms with van der Waals surface area (Å²) in [6.07, 6.45) is 0.961. The highest BCUT2D eigenvalue weighted by Gasteiger charge is 2.65. The minimum Gasteiger partial charge on any atom is -0.497 e. The van der Waals surface area contributed by atoms with Gasteiger partial charge >= 0.3 is 0 Å². The SMILES string of the molecule is COc1cc(Cl)cc(C(=O)N2CC[C@@]34OC[C@@H](C(C)C)N3C(=O)C[C@@H]24)c1. The van der Waals surface area contributed by atoms with Gasteiger partial charge < -0.3 is 19.3 Å². The number of likely N-dealkylation sites (tertiary alicyclic amines) is 1. The smallest absolute Gasteiger partial charge is 0.254 e. The number of methoxy groups -OCH3 is 1. The Balaban J connectivity index is 1.64. The molecule has 7 heteroatoms. The van der Waals surface area contributed by atoms with Crippen LogP contribution in [0.4, 0.5) is 0 Å². The van der Waals surface area contributed by atoms with Crippen molar-refractivity contribution in [2.45, 2.75) is 44.5 Å². The molecular formula is C19H23ClN2O4. The average Bonchev–Trinajstić information content (AvgIpc) is 3.22. The number of amides is 2. The lowest BCUT2D eigenvalue weighted by molar-refractivity contribution is -0.139. The molecule has 3 aliphatic heterocycles. The van der Waals surface area contributed by atoms with Gasteiger partial charge in [-0.2, -0.15) is 0 Å². The van der Waals surface area contributed by atoms with Gasteiger partial charge in [0, 0.05) is 23.6 Å². The highest BCUT2D eigenvalue weighted by molar-refractivity contribution is 6.31. The summed E-state index contributed by atoms with van der Waals surface area (Å²) in [7, 11) is 1.54. The maximum atomic E-state index is 13.1. The lowest BCUT2D eigenvalue weighted by Gasteiger charge is -2.34. The third kappa shape index (κ3) is 2.42. The van der Waals surface area contributed by atoms with E-state index in [-0.39, 0.29) is 23.9 Å². The first-order valence-electron chi connectivity index (χ1n) is 8.99. The maximum Gasteiger partial charge on any atom is 0.254 e. The molecule has 0 aromatic heterocycles. The van der Waals surface area contributed by atoms with Gasteiger partial charge in [0.05, 0.1) is 32.2 Å². The summed E-state index contributed by atoms with van der Waals surface area (Å²) in [5.41, 5.74) is -0.194. The van der Waals surface area contributed by atoms with Gasteiger partial charge in [-0.05, 0) is 24.1 Å². The van der Waals surface area contributed by atoms with Crippen molar-refractivity contribution in [1.82, 2.24) is 9.80 Å². The molecule has 0 unspecified atom stereocenters. The van der Waals surface area contributed by atoms with E-state index in [1.165, 1.54) is 7.11 Å². The minimum absolute atomic E-state index is 0.0763. The molecular weight excluding hydrogens is 356 g/mol. The molecule has 140 valence electrons. The molecule has 1 aromatic carbocycles. The zero-order chi connectivity index (χ0) is 18.6. The van der Waals surface area contributed by atoms with Crippen molar-refractivity contribution < 1.29 is 19.1 Å². The quantitative estimate of drug-likeness (QED) is 0.811. The molecule has 3 heterocycles. The normalized spacial score (nSPS) is 30.1. The molecule has 0 N–H and O–H groups in total. The van der Waals surface area contributed by atoms with Crippen molar-refractivity contribution in [3.63, 3.8) is 0 Å². The molecule has 1 aromatic rings. The van der Waals surface area contributed by atoms with Gasteiger partial charge in [-0.15, -0.1) is 0 Å². The first-order valence-corrected chi connectivity index (χ1v) is 9.37. The van der Waals surface area contributed by atoms with Crippen molar-refractivity contribution >= 4 is 23.4 Å². The van der Waals surface area contributed by atoms with E-state index in [1.54, 1.807) is 23.1 Å². The number of hydrogen-bond donors (Lipinski definition) is 0. The summed E-state index contributed by atoms with van der Waals surface area (Å²) in [4.78, 5) is 29.5. The van der Waals surface area contributed by atoms with Crippen LogP contribution in [0, 0.1) is 5.92 Å². The molecule has 1 spiro atoms. The Morgan fingerprint density at radius 2 is 2.15 bits per heavy atom. The highest BCUT2D eigenvalue weighted by atomic mass is 35.5. The lowest BCUT2D eigenvalue weighted by Crippen LogP contribution is -2.51. The fourth-order valence-electron chi connectivity index (χ4n) is 4.58. The van der Waals surface area contributed by atoms with E-state index in [1.807, 2.05) is 4.90 Å². The van der Waals surface area contributed by atoms with Gasteiger partial charge in [0.1, 0.15) is 5.75 Å². The highest BCUT2D eigenvalue weighted by Crippen LogP contribution is 2.49. The fourth-order valence-corrected chi connectivity index (χ4v) is 4.81. The summed E-state index contributed by atoms with van der Waals surface area (Å²) >= 11 is 6.12. The summed E-state index contributed by atoms with van der Waals surface area (Å²) in [5, 5.41) is 0.447. The van der Waals surface area contributed by atoms with Crippen LogP contribution >= 0.6 is 11.6 Å². The van der Waals surface area contributed by atoms with Crippen LogP contribution < -0.4 is 4.74 Å².